The number of ether oxygens (including phenoxy) is 1. The molecule has 0 aliphatic rings. The number of rotatable bonds is 8. The van der Waals surface area contributed by atoms with Crippen LogP contribution in [0.25, 0.3) is 11.3 Å². The van der Waals surface area contributed by atoms with E-state index in [1.165, 1.54) is 29.1 Å². The highest BCUT2D eigenvalue weighted by Crippen LogP contribution is 2.19. The summed E-state index contributed by atoms with van der Waals surface area (Å²) in [4.78, 5) is 38.8. The van der Waals surface area contributed by atoms with E-state index < -0.39 is 4.92 Å². The molecule has 0 spiro atoms. The van der Waals surface area contributed by atoms with E-state index in [9.17, 15) is 19.7 Å². The van der Waals surface area contributed by atoms with Crippen molar-refractivity contribution in [3.63, 3.8) is 0 Å². The molecule has 0 saturated heterocycles. The molecule has 9 heteroatoms. The first-order valence-corrected chi connectivity index (χ1v) is 9.17. The lowest BCUT2D eigenvalue weighted by molar-refractivity contribution is -0.384. The van der Waals surface area contributed by atoms with Gasteiger partial charge in [0.05, 0.1) is 30.5 Å². The lowest BCUT2D eigenvalue weighted by Gasteiger charge is -2.09. The minimum absolute atomic E-state index is 0.0240. The van der Waals surface area contributed by atoms with Crippen molar-refractivity contribution < 1.29 is 14.5 Å². The number of non-ortho nitro benzene ring substituents is 1. The zero-order chi connectivity index (χ0) is 21.5. The van der Waals surface area contributed by atoms with Crippen LogP contribution in [0.2, 0.25) is 0 Å². The quantitative estimate of drug-likeness (QED) is 0.451. The second kappa shape index (κ2) is 9.46. The van der Waals surface area contributed by atoms with Crippen molar-refractivity contribution in [1.29, 1.82) is 0 Å². The Morgan fingerprint density at radius 3 is 2.47 bits per heavy atom. The second-order valence-electron chi connectivity index (χ2n) is 6.48. The monoisotopic (exact) mass is 408 g/mol. The summed E-state index contributed by atoms with van der Waals surface area (Å²) in [5.41, 5.74) is 1.78. The van der Waals surface area contributed by atoms with Gasteiger partial charge in [0.1, 0.15) is 5.75 Å². The summed E-state index contributed by atoms with van der Waals surface area (Å²) in [5, 5.41) is 13.4. The van der Waals surface area contributed by atoms with E-state index in [1.54, 1.807) is 31.4 Å². The van der Waals surface area contributed by atoms with Gasteiger partial charge < -0.3 is 10.1 Å². The molecule has 1 amide bonds. The van der Waals surface area contributed by atoms with Crippen molar-refractivity contribution in [3.8, 4) is 17.0 Å². The van der Waals surface area contributed by atoms with Gasteiger partial charge in [0.15, 0.2) is 0 Å². The number of amides is 1. The standard InChI is InChI=1S/C21H20N4O5/c1-30-18-8-4-16(5-9-18)19-13-21(27)24(14-23-19)11-10-22-20(26)12-15-2-6-17(7-3-15)25(28)29/h2-9,13-14H,10-12H2,1H3,(H,22,26). The average molecular weight is 408 g/mol. The summed E-state index contributed by atoms with van der Waals surface area (Å²) < 4.78 is 6.53. The number of carbonyl (C=O) groups is 1. The van der Waals surface area contributed by atoms with E-state index in [4.69, 9.17) is 4.74 Å². The van der Waals surface area contributed by atoms with E-state index in [-0.39, 0.29) is 36.7 Å². The van der Waals surface area contributed by atoms with Crippen LogP contribution in [0.4, 0.5) is 5.69 Å². The van der Waals surface area contributed by atoms with Crippen LogP contribution in [0.5, 0.6) is 5.75 Å². The highest BCUT2D eigenvalue weighted by Gasteiger charge is 2.08. The van der Waals surface area contributed by atoms with Crippen molar-refractivity contribution >= 4 is 11.6 Å². The third kappa shape index (κ3) is 5.28. The fourth-order valence-electron chi connectivity index (χ4n) is 2.81. The number of benzene rings is 2. The molecular weight excluding hydrogens is 388 g/mol. The van der Waals surface area contributed by atoms with Gasteiger partial charge in [-0.2, -0.15) is 0 Å². The Morgan fingerprint density at radius 1 is 1.17 bits per heavy atom. The van der Waals surface area contributed by atoms with E-state index in [1.807, 2.05) is 12.1 Å². The molecular formula is C21H20N4O5. The maximum Gasteiger partial charge on any atom is 0.269 e. The zero-order valence-corrected chi connectivity index (χ0v) is 16.3. The van der Waals surface area contributed by atoms with Gasteiger partial charge in [-0.15, -0.1) is 0 Å². The average Bonchev–Trinajstić information content (AvgIpc) is 2.75. The first-order chi connectivity index (χ1) is 14.5. The van der Waals surface area contributed by atoms with Crippen LogP contribution in [0.15, 0.2) is 65.7 Å². The SMILES string of the molecule is COc1ccc(-c2cc(=O)n(CCNC(=O)Cc3ccc([N+](=O)[O-])cc3)cn2)cc1. The van der Waals surface area contributed by atoms with Gasteiger partial charge in [0.2, 0.25) is 5.91 Å². The van der Waals surface area contributed by atoms with Crippen molar-refractivity contribution in [2.75, 3.05) is 13.7 Å². The van der Waals surface area contributed by atoms with Crippen LogP contribution in [0.3, 0.4) is 0 Å². The van der Waals surface area contributed by atoms with Crippen molar-refractivity contribution in [2.24, 2.45) is 0 Å². The van der Waals surface area contributed by atoms with Gasteiger partial charge in [0.25, 0.3) is 11.2 Å². The van der Waals surface area contributed by atoms with Crippen LogP contribution < -0.4 is 15.6 Å². The summed E-state index contributed by atoms with van der Waals surface area (Å²) in [7, 11) is 1.58. The fraction of sp³-hybridized carbons (Fsp3) is 0.190. The Kier molecular flexibility index (Phi) is 6.53. The van der Waals surface area contributed by atoms with Crippen LogP contribution in [0, 0.1) is 10.1 Å². The van der Waals surface area contributed by atoms with Crippen LogP contribution >= 0.6 is 0 Å². The van der Waals surface area contributed by atoms with Gasteiger partial charge in [-0.1, -0.05) is 12.1 Å². The highest BCUT2D eigenvalue weighted by atomic mass is 16.6. The normalized spacial score (nSPS) is 10.4. The Morgan fingerprint density at radius 2 is 1.87 bits per heavy atom. The van der Waals surface area contributed by atoms with Gasteiger partial charge in [-0.3, -0.25) is 24.3 Å². The Balaban J connectivity index is 1.53. The van der Waals surface area contributed by atoms with Crippen LogP contribution in [-0.4, -0.2) is 34.0 Å². The fourth-order valence-corrected chi connectivity index (χ4v) is 2.81. The smallest absolute Gasteiger partial charge is 0.269 e. The summed E-state index contributed by atoms with van der Waals surface area (Å²) in [6.45, 7) is 0.538. The van der Waals surface area contributed by atoms with E-state index in [0.29, 0.717) is 11.3 Å². The number of hydrogen-bond donors (Lipinski definition) is 1. The molecule has 0 aliphatic carbocycles. The Hall–Kier alpha value is -4.01. The number of nitrogens with zero attached hydrogens (tertiary/aromatic N) is 3. The van der Waals surface area contributed by atoms with Crippen molar-refractivity contribution in [2.45, 2.75) is 13.0 Å². The predicted molar refractivity (Wildman–Crippen MR) is 110 cm³/mol. The van der Waals surface area contributed by atoms with Gasteiger partial charge >= 0.3 is 0 Å². The molecule has 0 aliphatic heterocycles. The first-order valence-electron chi connectivity index (χ1n) is 9.17. The lowest BCUT2D eigenvalue weighted by Crippen LogP contribution is -2.31. The molecule has 0 unspecified atom stereocenters. The molecule has 3 aromatic rings. The number of nitro benzene ring substituents is 1. The molecule has 0 fully saturated rings. The number of carbonyl (C=O) groups excluding carboxylic acids is 1. The molecule has 154 valence electrons. The van der Waals surface area contributed by atoms with Gasteiger partial charge in [-0.05, 0) is 29.8 Å². The summed E-state index contributed by atoms with van der Waals surface area (Å²) >= 11 is 0. The molecule has 0 radical (unpaired) electrons. The number of aromatic nitrogens is 2. The number of hydrogen-bond acceptors (Lipinski definition) is 6. The molecule has 0 bridgehead atoms. The molecule has 0 saturated carbocycles. The molecule has 1 N–H and O–H groups in total. The van der Waals surface area contributed by atoms with Crippen LogP contribution in [-0.2, 0) is 17.8 Å². The molecule has 1 heterocycles. The van der Waals surface area contributed by atoms with Gasteiger partial charge in [-0.25, -0.2) is 4.98 Å². The molecule has 0 atom stereocenters. The van der Waals surface area contributed by atoms with E-state index in [0.717, 1.165) is 11.3 Å². The summed E-state index contributed by atoms with van der Waals surface area (Å²) in [6.07, 6.45) is 1.55. The summed E-state index contributed by atoms with van der Waals surface area (Å²) in [5.74, 6) is 0.483. The molecule has 3 rings (SSSR count). The maximum atomic E-state index is 12.3. The van der Waals surface area contributed by atoms with Crippen LogP contribution in [0.1, 0.15) is 5.56 Å². The number of methoxy groups -OCH3 is 1. The van der Waals surface area contributed by atoms with Crippen molar-refractivity contribution in [1.82, 2.24) is 14.9 Å². The third-order valence-electron chi connectivity index (χ3n) is 4.45. The molecule has 2 aromatic carbocycles. The minimum atomic E-state index is -0.491. The second-order valence-corrected chi connectivity index (χ2v) is 6.48. The Bertz CT molecular complexity index is 1090. The third-order valence-corrected chi connectivity index (χ3v) is 4.45. The minimum Gasteiger partial charge on any atom is -0.497 e. The zero-order valence-electron chi connectivity index (χ0n) is 16.3. The lowest BCUT2D eigenvalue weighted by atomic mass is 10.1. The predicted octanol–water partition coefficient (Wildman–Crippen LogP) is 2.19. The first kappa shape index (κ1) is 20.7. The van der Waals surface area contributed by atoms with E-state index >= 15 is 0 Å². The number of nitro groups is 1. The Labute approximate surface area is 172 Å². The largest absolute Gasteiger partial charge is 0.497 e. The topological polar surface area (TPSA) is 116 Å². The maximum absolute atomic E-state index is 12.3. The highest BCUT2D eigenvalue weighted by molar-refractivity contribution is 5.78. The van der Waals surface area contributed by atoms with Gasteiger partial charge in [0, 0.05) is 36.9 Å². The van der Waals surface area contributed by atoms with E-state index in [2.05, 4.69) is 10.3 Å². The molecule has 1 aromatic heterocycles. The number of nitrogens with one attached hydrogen (secondary N) is 1. The van der Waals surface area contributed by atoms with Crippen molar-refractivity contribution in [3.05, 3.63) is 87.0 Å². The summed E-state index contributed by atoms with van der Waals surface area (Å²) in [6, 6.07) is 14.5. The molecule has 9 nitrogen and oxygen atoms in total. The molecule has 30 heavy (non-hydrogen) atoms.